The first-order valence-corrected chi connectivity index (χ1v) is 7.72. The van der Waals surface area contributed by atoms with Gasteiger partial charge in [-0.05, 0) is 32.6 Å². The van der Waals surface area contributed by atoms with Crippen molar-refractivity contribution >= 4 is 5.91 Å². The molecule has 114 valence electrons. The van der Waals surface area contributed by atoms with E-state index in [4.69, 9.17) is 0 Å². The molecule has 0 bridgehead atoms. The quantitative estimate of drug-likeness (QED) is 0.641. The van der Waals surface area contributed by atoms with Gasteiger partial charge in [-0.15, -0.1) is 0 Å². The summed E-state index contributed by atoms with van der Waals surface area (Å²) < 4.78 is 0. The molecular weight excluding hydrogens is 240 g/mol. The van der Waals surface area contributed by atoms with E-state index in [1.807, 2.05) is 6.92 Å². The highest BCUT2D eigenvalue weighted by Gasteiger charge is 2.26. The monoisotopic (exact) mass is 272 g/mol. The van der Waals surface area contributed by atoms with Gasteiger partial charge in [-0.2, -0.15) is 0 Å². The zero-order valence-electron chi connectivity index (χ0n) is 13.3. The van der Waals surface area contributed by atoms with Crippen molar-refractivity contribution < 1.29 is 9.90 Å². The molecule has 0 fully saturated rings. The lowest BCUT2D eigenvalue weighted by atomic mass is 10.1. The van der Waals surface area contributed by atoms with Crippen molar-refractivity contribution in [2.75, 3.05) is 13.2 Å². The van der Waals surface area contributed by atoms with Crippen LogP contribution in [-0.2, 0) is 4.79 Å². The molecular formula is C15H32N2O2. The van der Waals surface area contributed by atoms with Gasteiger partial charge in [0.2, 0.25) is 5.91 Å². The van der Waals surface area contributed by atoms with Crippen molar-refractivity contribution in [2.24, 2.45) is 0 Å². The first-order valence-electron chi connectivity index (χ1n) is 7.72. The summed E-state index contributed by atoms with van der Waals surface area (Å²) in [4.78, 5) is 14.4. The Labute approximate surface area is 118 Å². The Bertz CT molecular complexity index is 238. The van der Waals surface area contributed by atoms with Crippen LogP contribution in [0, 0.1) is 0 Å². The highest BCUT2D eigenvalue weighted by molar-refractivity contribution is 5.81. The van der Waals surface area contributed by atoms with Crippen molar-refractivity contribution in [3.63, 3.8) is 0 Å². The minimum absolute atomic E-state index is 0.0778. The summed E-state index contributed by atoms with van der Waals surface area (Å²) >= 11 is 0. The second kappa shape index (κ2) is 10.2. The third-order valence-corrected chi connectivity index (χ3v) is 3.98. The molecule has 2 N–H and O–H groups in total. The summed E-state index contributed by atoms with van der Waals surface area (Å²) in [5.41, 5.74) is 0. The van der Waals surface area contributed by atoms with Gasteiger partial charge in [0.05, 0.1) is 12.6 Å². The molecule has 0 heterocycles. The van der Waals surface area contributed by atoms with Crippen molar-refractivity contribution in [1.82, 2.24) is 10.2 Å². The Kier molecular flexibility index (Phi) is 9.88. The van der Waals surface area contributed by atoms with Crippen LogP contribution >= 0.6 is 0 Å². The Morgan fingerprint density at radius 2 is 1.63 bits per heavy atom. The molecule has 1 atom stereocenters. The number of rotatable bonds is 10. The third-order valence-electron chi connectivity index (χ3n) is 3.98. The predicted molar refractivity (Wildman–Crippen MR) is 80.1 cm³/mol. The Hall–Kier alpha value is -0.610. The minimum atomic E-state index is -0.183. The third kappa shape index (κ3) is 5.91. The molecule has 0 radical (unpaired) electrons. The van der Waals surface area contributed by atoms with Crippen molar-refractivity contribution in [1.29, 1.82) is 0 Å². The minimum Gasteiger partial charge on any atom is -0.395 e. The van der Waals surface area contributed by atoms with E-state index in [0.717, 1.165) is 25.7 Å². The zero-order chi connectivity index (χ0) is 14.8. The average molecular weight is 272 g/mol. The van der Waals surface area contributed by atoms with E-state index in [0.29, 0.717) is 12.6 Å². The Morgan fingerprint density at radius 3 is 2.00 bits per heavy atom. The highest BCUT2D eigenvalue weighted by Crippen LogP contribution is 2.13. The van der Waals surface area contributed by atoms with Gasteiger partial charge in [-0.25, -0.2) is 0 Å². The lowest BCUT2D eigenvalue weighted by Gasteiger charge is -2.35. The maximum absolute atomic E-state index is 12.3. The van der Waals surface area contributed by atoms with Gasteiger partial charge < -0.3 is 10.4 Å². The van der Waals surface area contributed by atoms with E-state index < -0.39 is 0 Å². The van der Waals surface area contributed by atoms with Crippen LogP contribution in [0.25, 0.3) is 0 Å². The molecule has 0 aliphatic rings. The lowest BCUT2D eigenvalue weighted by molar-refractivity contribution is -0.127. The number of nitrogens with zero attached hydrogens (tertiary/aromatic N) is 1. The summed E-state index contributed by atoms with van der Waals surface area (Å²) in [5.74, 6) is 0.0778. The fourth-order valence-corrected chi connectivity index (χ4v) is 2.53. The Balaban J connectivity index is 4.68. The predicted octanol–water partition coefficient (Wildman–Crippen LogP) is 2.16. The normalized spacial score (nSPS) is 13.3. The van der Waals surface area contributed by atoms with Gasteiger partial charge in [-0.3, -0.25) is 9.69 Å². The van der Waals surface area contributed by atoms with E-state index in [9.17, 15) is 9.90 Å². The molecule has 4 heteroatoms. The number of aliphatic hydroxyl groups excluding tert-OH is 1. The number of carbonyl (C=O) groups excluding carboxylic acids is 1. The van der Waals surface area contributed by atoms with E-state index in [2.05, 4.69) is 37.9 Å². The number of nitrogens with one attached hydrogen (secondary N) is 1. The summed E-state index contributed by atoms with van der Waals surface area (Å²) in [7, 11) is 0. The SMILES string of the molecule is CCC(CC)NC(=O)C(C)N(CCO)C(CC)CC. The molecule has 4 nitrogen and oxygen atoms in total. The van der Waals surface area contributed by atoms with Crippen LogP contribution in [0.5, 0.6) is 0 Å². The van der Waals surface area contributed by atoms with Crippen LogP contribution in [0.15, 0.2) is 0 Å². The summed E-state index contributed by atoms with van der Waals surface area (Å²) in [6, 6.07) is 0.430. The first-order chi connectivity index (χ1) is 9.05. The molecule has 0 aliphatic heterocycles. The fraction of sp³-hybridized carbons (Fsp3) is 0.933. The van der Waals surface area contributed by atoms with Gasteiger partial charge >= 0.3 is 0 Å². The molecule has 0 spiro atoms. The number of carbonyl (C=O) groups is 1. The molecule has 0 aliphatic carbocycles. The van der Waals surface area contributed by atoms with E-state index in [-0.39, 0.29) is 24.6 Å². The van der Waals surface area contributed by atoms with Crippen molar-refractivity contribution in [3.8, 4) is 0 Å². The standard InChI is InChI=1S/C15H32N2O2/c1-6-13(7-2)16-15(19)12(5)17(10-11-18)14(8-3)9-4/h12-14,18H,6-11H2,1-5H3,(H,16,19). The van der Waals surface area contributed by atoms with E-state index in [1.165, 1.54) is 0 Å². The van der Waals surface area contributed by atoms with Gasteiger partial charge in [-0.1, -0.05) is 27.7 Å². The highest BCUT2D eigenvalue weighted by atomic mass is 16.3. The molecule has 0 rings (SSSR count). The smallest absolute Gasteiger partial charge is 0.237 e. The molecule has 19 heavy (non-hydrogen) atoms. The summed E-state index contributed by atoms with van der Waals surface area (Å²) in [6.07, 6.45) is 3.91. The van der Waals surface area contributed by atoms with E-state index in [1.54, 1.807) is 0 Å². The maximum atomic E-state index is 12.3. The zero-order valence-corrected chi connectivity index (χ0v) is 13.3. The second-order valence-electron chi connectivity index (χ2n) is 5.13. The van der Waals surface area contributed by atoms with E-state index >= 15 is 0 Å². The van der Waals surface area contributed by atoms with Crippen LogP contribution in [0.3, 0.4) is 0 Å². The topological polar surface area (TPSA) is 52.6 Å². The Morgan fingerprint density at radius 1 is 1.11 bits per heavy atom. The molecule has 0 saturated heterocycles. The number of amides is 1. The molecule has 0 aromatic heterocycles. The van der Waals surface area contributed by atoms with Crippen molar-refractivity contribution in [2.45, 2.75) is 78.4 Å². The van der Waals surface area contributed by atoms with Crippen LogP contribution in [0.1, 0.15) is 60.3 Å². The van der Waals surface area contributed by atoms with Gasteiger partial charge in [0.15, 0.2) is 0 Å². The number of aliphatic hydroxyl groups is 1. The van der Waals surface area contributed by atoms with Crippen LogP contribution in [-0.4, -0.2) is 47.2 Å². The van der Waals surface area contributed by atoms with Gasteiger partial charge in [0, 0.05) is 18.6 Å². The molecule has 0 aromatic carbocycles. The van der Waals surface area contributed by atoms with Gasteiger partial charge in [0.1, 0.15) is 0 Å². The lowest BCUT2D eigenvalue weighted by Crippen LogP contribution is -2.52. The molecule has 1 unspecified atom stereocenters. The molecule has 0 saturated carbocycles. The average Bonchev–Trinajstić information content (AvgIpc) is 2.43. The number of hydrogen-bond donors (Lipinski definition) is 2. The molecule has 1 amide bonds. The second-order valence-corrected chi connectivity index (χ2v) is 5.13. The van der Waals surface area contributed by atoms with Crippen molar-refractivity contribution in [3.05, 3.63) is 0 Å². The largest absolute Gasteiger partial charge is 0.395 e. The van der Waals surface area contributed by atoms with Crippen LogP contribution in [0.4, 0.5) is 0 Å². The fourth-order valence-electron chi connectivity index (χ4n) is 2.53. The van der Waals surface area contributed by atoms with Crippen LogP contribution < -0.4 is 5.32 Å². The van der Waals surface area contributed by atoms with Gasteiger partial charge in [0.25, 0.3) is 0 Å². The molecule has 0 aromatic rings. The van der Waals surface area contributed by atoms with Crippen LogP contribution in [0.2, 0.25) is 0 Å². The summed E-state index contributed by atoms with van der Waals surface area (Å²) in [6.45, 7) is 11.0. The maximum Gasteiger partial charge on any atom is 0.237 e. The first kappa shape index (κ1) is 18.4. The summed E-state index contributed by atoms with van der Waals surface area (Å²) in [5, 5.41) is 12.3. The number of hydrogen-bond acceptors (Lipinski definition) is 3.